The zero-order valence-corrected chi connectivity index (χ0v) is 13.8. The zero-order valence-electron chi connectivity index (χ0n) is 12.2. The molecule has 0 amide bonds. The van der Waals surface area contributed by atoms with Gasteiger partial charge in [0.2, 0.25) is 0 Å². The SMILES string of the molecule is CCNC(Cc1ccc(Cl)c(F)c1)c1ccc(SC)cc1. The van der Waals surface area contributed by atoms with Crippen molar-refractivity contribution in [2.24, 2.45) is 0 Å². The fourth-order valence-electron chi connectivity index (χ4n) is 2.29. The van der Waals surface area contributed by atoms with Crippen molar-refractivity contribution >= 4 is 23.4 Å². The molecule has 2 aromatic carbocycles. The summed E-state index contributed by atoms with van der Waals surface area (Å²) in [5.41, 5.74) is 2.15. The first kappa shape index (κ1) is 16.3. The minimum atomic E-state index is -0.359. The maximum atomic E-state index is 13.6. The van der Waals surface area contributed by atoms with E-state index < -0.39 is 0 Å². The van der Waals surface area contributed by atoms with E-state index >= 15 is 0 Å². The van der Waals surface area contributed by atoms with Gasteiger partial charge < -0.3 is 5.32 Å². The van der Waals surface area contributed by atoms with Gasteiger partial charge in [-0.3, -0.25) is 0 Å². The molecule has 1 N–H and O–H groups in total. The Morgan fingerprint density at radius 3 is 2.48 bits per heavy atom. The van der Waals surface area contributed by atoms with E-state index in [1.807, 2.05) is 6.07 Å². The van der Waals surface area contributed by atoms with E-state index in [2.05, 4.69) is 42.8 Å². The van der Waals surface area contributed by atoms with Gasteiger partial charge in [-0.15, -0.1) is 11.8 Å². The number of rotatable bonds is 6. The Bertz CT molecular complexity index is 586. The van der Waals surface area contributed by atoms with Crippen LogP contribution in [0.15, 0.2) is 47.4 Å². The molecule has 1 nitrogen and oxygen atoms in total. The van der Waals surface area contributed by atoms with Gasteiger partial charge in [-0.05, 0) is 54.6 Å². The van der Waals surface area contributed by atoms with Crippen LogP contribution in [0.4, 0.5) is 4.39 Å². The Hall–Kier alpha value is -1.03. The number of halogens is 2. The summed E-state index contributed by atoms with van der Waals surface area (Å²) in [7, 11) is 0. The Morgan fingerprint density at radius 1 is 1.19 bits per heavy atom. The number of hydrogen-bond acceptors (Lipinski definition) is 2. The van der Waals surface area contributed by atoms with Crippen LogP contribution in [0, 0.1) is 5.82 Å². The first-order chi connectivity index (χ1) is 10.1. The fraction of sp³-hybridized carbons (Fsp3) is 0.294. The summed E-state index contributed by atoms with van der Waals surface area (Å²) in [6.07, 6.45) is 2.80. The van der Waals surface area contributed by atoms with Crippen LogP contribution in [-0.4, -0.2) is 12.8 Å². The third-order valence-electron chi connectivity index (χ3n) is 3.39. The highest BCUT2D eigenvalue weighted by Crippen LogP contribution is 2.24. The molecule has 1 unspecified atom stereocenters. The third kappa shape index (κ3) is 4.47. The topological polar surface area (TPSA) is 12.0 Å². The Labute approximate surface area is 134 Å². The van der Waals surface area contributed by atoms with Crippen molar-refractivity contribution in [3.8, 4) is 0 Å². The summed E-state index contributed by atoms with van der Waals surface area (Å²) in [4.78, 5) is 1.24. The van der Waals surface area contributed by atoms with E-state index in [0.717, 1.165) is 18.5 Å². The van der Waals surface area contributed by atoms with Gasteiger partial charge in [0.1, 0.15) is 5.82 Å². The van der Waals surface area contributed by atoms with E-state index in [-0.39, 0.29) is 16.9 Å². The minimum absolute atomic E-state index is 0.170. The van der Waals surface area contributed by atoms with E-state index in [1.54, 1.807) is 17.8 Å². The van der Waals surface area contributed by atoms with Gasteiger partial charge in [-0.1, -0.05) is 36.7 Å². The van der Waals surface area contributed by atoms with Crippen LogP contribution in [-0.2, 0) is 6.42 Å². The summed E-state index contributed by atoms with van der Waals surface area (Å²) in [5, 5.41) is 3.63. The van der Waals surface area contributed by atoms with Gasteiger partial charge in [0.15, 0.2) is 0 Å². The molecule has 0 aliphatic rings. The Balaban J connectivity index is 2.19. The van der Waals surface area contributed by atoms with Gasteiger partial charge in [-0.2, -0.15) is 0 Å². The van der Waals surface area contributed by atoms with Crippen LogP contribution in [0.2, 0.25) is 5.02 Å². The number of benzene rings is 2. The summed E-state index contributed by atoms with van der Waals surface area (Å²) in [5.74, 6) is -0.359. The normalized spacial score (nSPS) is 12.4. The molecule has 0 fully saturated rings. The Kier molecular flexibility index (Phi) is 6.09. The van der Waals surface area contributed by atoms with E-state index in [9.17, 15) is 4.39 Å². The molecule has 0 aliphatic carbocycles. The number of nitrogens with one attached hydrogen (secondary N) is 1. The lowest BCUT2D eigenvalue weighted by molar-refractivity contribution is 0.546. The van der Waals surface area contributed by atoms with Gasteiger partial charge in [0.05, 0.1) is 5.02 Å². The lowest BCUT2D eigenvalue weighted by Gasteiger charge is -2.19. The molecule has 0 saturated carbocycles. The second kappa shape index (κ2) is 7.83. The monoisotopic (exact) mass is 323 g/mol. The summed E-state index contributed by atoms with van der Waals surface area (Å²) < 4.78 is 13.6. The average molecular weight is 324 g/mol. The molecular weight excluding hydrogens is 305 g/mol. The van der Waals surface area contributed by atoms with E-state index in [4.69, 9.17) is 11.6 Å². The Morgan fingerprint density at radius 2 is 1.90 bits per heavy atom. The second-order valence-corrected chi connectivity index (χ2v) is 6.12. The second-order valence-electron chi connectivity index (χ2n) is 4.84. The van der Waals surface area contributed by atoms with Crippen molar-refractivity contribution in [1.29, 1.82) is 0 Å². The highest BCUT2D eigenvalue weighted by atomic mass is 35.5. The van der Waals surface area contributed by atoms with Crippen LogP contribution >= 0.6 is 23.4 Å². The van der Waals surface area contributed by atoms with Crippen molar-refractivity contribution in [1.82, 2.24) is 5.32 Å². The number of hydrogen-bond donors (Lipinski definition) is 1. The van der Waals surface area contributed by atoms with Crippen molar-refractivity contribution in [3.05, 3.63) is 64.4 Å². The van der Waals surface area contributed by atoms with Crippen molar-refractivity contribution in [2.75, 3.05) is 12.8 Å². The molecule has 0 radical (unpaired) electrons. The summed E-state index contributed by atoms with van der Waals surface area (Å²) >= 11 is 7.46. The standard InChI is InChI=1S/C17H19ClFNS/c1-3-20-17(13-5-7-14(21-2)8-6-13)11-12-4-9-15(18)16(19)10-12/h4-10,17,20H,3,11H2,1-2H3. The van der Waals surface area contributed by atoms with E-state index in [1.165, 1.54) is 16.5 Å². The molecule has 0 aromatic heterocycles. The highest BCUT2D eigenvalue weighted by molar-refractivity contribution is 7.98. The quantitative estimate of drug-likeness (QED) is 0.743. The first-order valence-corrected chi connectivity index (χ1v) is 8.55. The van der Waals surface area contributed by atoms with Crippen molar-refractivity contribution in [2.45, 2.75) is 24.3 Å². The average Bonchev–Trinajstić information content (AvgIpc) is 2.50. The van der Waals surface area contributed by atoms with Crippen LogP contribution in [0.1, 0.15) is 24.1 Å². The molecule has 2 rings (SSSR count). The van der Waals surface area contributed by atoms with Crippen molar-refractivity contribution < 1.29 is 4.39 Å². The molecule has 2 aromatic rings. The van der Waals surface area contributed by atoms with Crippen molar-refractivity contribution in [3.63, 3.8) is 0 Å². The van der Waals surface area contributed by atoms with Crippen LogP contribution in [0.5, 0.6) is 0 Å². The summed E-state index contributed by atoms with van der Waals surface area (Å²) in [6, 6.07) is 13.7. The predicted molar refractivity (Wildman–Crippen MR) is 89.8 cm³/mol. The number of thioether (sulfide) groups is 1. The fourth-order valence-corrected chi connectivity index (χ4v) is 2.82. The van der Waals surface area contributed by atoms with Gasteiger partial charge in [-0.25, -0.2) is 4.39 Å². The van der Waals surface area contributed by atoms with Gasteiger partial charge in [0.25, 0.3) is 0 Å². The van der Waals surface area contributed by atoms with Crippen LogP contribution in [0.3, 0.4) is 0 Å². The molecule has 0 aliphatic heterocycles. The molecule has 0 heterocycles. The largest absolute Gasteiger partial charge is 0.310 e. The maximum absolute atomic E-state index is 13.6. The molecule has 0 spiro atoms. The molecular formula is C17H19ClFNS. The van der Waals surface area contributed by atoms with E-state index in [0.29, 0.717) is 0 Å². The smallest absolute Gasteiger partial charge is 0.142 e. The molecule has 4 heteroatoms. The van der Waals surface area contributed by atoms with Crippen LogP contribution in [0.25, 0.3) is 0 Å². The maximum Gasteiger partial charge on any atom is 0.142 e. The molecule has 0 bridgehead atoms. The van der Waals surface area contributed by atoms with Crippen LogP contribution < -0.4 is 5.32 Å². The first-order valence-electron chi connectivity index (χ1n) is 6.95. The number of likely N-dealkylation sites (N-methyl/N-ethyl adjacent to an activating group) is 1. The minimum Gasteiger partial charge on any atom is -0.310 e. The van der Waals surface area contributed by atoms with Gasteiger partial charge >= 0.3 is 0 Å². The molecule has 21 heavy (non-hydrogen) atoms. The third-order valence-corrected chi connectivity index (χ3v) is 4.44. The lowest BCUT2D eigenvalue weighted by Crippen LogP contribution is -2.23. The highest BCUT2D eigenvalue weighted by Gasteiger charge is 2.12. The lowest BCUT2D eigenvalue weighted by atomic mass is 9.99. The zero-order chi connectivity index (χ0) is 15.2. The molecule has 1 atom stereocenters. The predicted octanol–water partition coefficient (Wildman–Crippen LogP) is 5.09. The van der Waals surface area contributed by atoms with Gasteiger partial charge in [0, 0.05) is 10.9 Å². The summed E-state index contributed by atoms with van der Waals surface area (Å²) in [6.45, 7) is 2.94. The molecule has 112 valence electrons. The molecule has 0 saturated heterocycles.